The van der Waals surface area contributed by atoms with Crippen molar-refractivity contribution in [3.8, 4) is 0 Å². The van der Waals surface area contributed by atoms with E-state index in [-0.39, 0.29) is 23.5 Å². The van der Waals surface area contributed by atoms with E-state index in [0.29, 0.717) is 36.9 Å². The molecule has 1 aromatic heterocycles. The molecule has 4 rings (SSSR count). The molecule has 10 heteroatoms. The molecule has 0 saturated carbocycles. The van der Waals surface area contributed by atoms with Crippen molar-refractivity contribution in [2.45, 2.75) is 43.2 Å². The first kappa shape index (κ1) is 23.7. The fourth-order valence-electron chi connectivity index (χ4n) is 4.12. The number of carbonyl (C=O) groups is 1. The third-order valence-corrected chi connectivity index (χ3v) is 8.81. The van der Waals surface area contributed by atoms with Crippen LogP contribution in [0.15, 0.2) is 40.6 Å². The van der Waals surface area contributed by atoms with Crippen LogP contribution in [-0.2, 0) is 26.1 Å². The summed E-state index contributed by atoms with van der Waals surface area (Å²) in [5.74, 6) is -0.239. The number of carbonyl (C=O) groups excluding carboxylic acids is 1. The minimum Gasteiger partial charge on any atom is -0.377 e. The van der Waals surface area contributed by atoms with Crippen LogP contribution in [0, 0.1) is 0 Å². The SMILES string of the molecule is O=C(CN(Cc1cccs1)CC1CCCO1)Nc1cc(S(=O)(=O)N2CCCC2)ccc1Cl. The average Bonchev–Trinajstić information content (AvgIpc) is 3.53. The fourth-order valence-corrected chi connectivity index (χ4v) is 6.57. The molecule has 1 atom stereocenters. The standard InChI is InChI=1S/C22H28ClN3O4S2/c23-20-8-7-19(32(28,29)26-9-1-2-10-26)13-21(20)24-22(27)16-25(14-17-5-3-11-30-17)15-18-6-4-12-31-18/h4,6-8,12-13,17H,1-3,5,9-11,14-16H2,(H,24,27). The molecule has 1 N–H and O–H groups in total. The molecule has 2 aliphatic rings. The first-order valence-electron chi connectivity index (χ1n) is 10.9. The number of amides is 1. The second kappa shape index (κ2) is 10.6. The van der Waals surface area contributed by atoms with Crippen LogP contribution in [-0.4, -0.2) is 62.4 Å². The number of hydrogen-bond acceptors (Lipinski definition) is 6. The average molecular weight is 498 g/mol. The lowest BCUT2D eigenvalue weighted by Gasteiger charge is -2.24. The molecule has 7 nitrogen and oxygen atoms in total. The van der Waals surface area contributed by atoms with Gasteiger partial charge in [0.25, 0.3) is 0 Å². The van der Waals surface area contributed by atoms with Gasteiger partial charge in [0.1, 0.15) is 0 Å². The number of ether oxygens (including phenoxy) is 1. The predicted octanol–water partition coefficient (Wildman–Crippen LogP) is 3.81. The molecule has 1 unspecified atom stereocenters. The smallest absolute Gasteiger partial charge is 0.243 e. The van der Waals surface area contributed by atoms with E-state index in [1.165, 1.54) is 27.4 Å². The number of hydrogen-bond donors (Lipinski definition) is 1. The maximum absolute atomic E-state index is 12.9. The third kappa shape index (κ3) is 5.89. The van der Waals surface area contributed by atoms with Gasteiger partial charge in [-0.25, -0.2) is 8.42 Å². The number of benzene rings is 1. The van der Waals surface area contributed by atoms with Gasteiger partial charge in [-0.3, -0.25) is 9.69 Å². The molecular weight excluding hydrogens is 470 g/mol. The number of rotatable bonds is 9. The van der Waals surface area contributed by atoms with Gasteiger partial charge in [-0.2, -0.15) is 4.31 Å². The highest BCUT2D eigenvalue weighted by atomic mass is 35.5. The summed E-state index contributed by atoms with van der Waals surface area (Å²) in [6.45, 7) is 3.29. The number of nitrogens with one attached hydrogen (secondary N) is 1. The molecule has 2 fully saturated rings. The summed E-state index contributed by atoms with van der Waals surface area (Å²) in [5, 5.41) is 5.14. The van der Waals surface area contributed by atoms with Crippen molar-refractivity contribution in [2.75, 3.05) is 38.1 Å². The third-order valence-electron chi connectivity index (χ3n) is 5.73. The first-order valence-corrected chi connectivity index (χ1v) is 13.6. The highest BCUT2D eigenvalue weighted by molar-refractivity contribution is 7.89. The molecule has 0 aliphatic carbocycles. The summed E-state index contributed by atoms with van der Waals surface area (Å²) < 4.78 is 33.0. The Hall–Kier alpha value is -1.49. The molecule has 174 valence electrons. The van der Waals surface area contributed by atoms with Crippen LogP contribution in [0.1, 0.15) is 30.6 Å². The van der Waals surface area contributed by atoms with Crippen LogP contribution >= 0.6 is 22.9 Å². The molecule has 0 spiro atoms. The van der Waals surface area contributed by atoms with Crippen molar-refractivity contribution in [3.63, 3.8) is 0 Å². The Balaban J connectivity index is 1.45. The Morgan fingerprint density at radius 2 is 2.06 bits per heavy atom. The van der Waals surface area contributed by atoms with Crippen molar-refractivity contribution in [2.24, 2.45) is 0 Å². The van der Waals surface area contributed by atoms with Crippen LogP contribution in [0.4, 0.5) is 5.69 Å². The van der Waals surface area contributed by atoms with Crippen LogP contribution in [0.3, 0.4) is 0 Å². The van der Waals surface area contributed by atoms with Crippen molar-refractivity contribution < 1.29 is 17.9 Å². The number of halogens is 1. The maximum Gasteiger partial charge on any atom is 0.243 e. The molecule has 2 aromatic rings. The molecule has 0 bridgehead atoms. The highest BCUT2D eigenvalue weighted by Crippen LogP contribution is 2.28. The molecule has 3 heterocycles. The maximum atomic E-state index is 12.9. The zero-order valence-electron chi connectivity index (χ0n) is 17.8. The van der Waals surface area contributed by atoms with E-state index in [2.05, 4.69) is 16.3 Å². The minimum atomic E-state index is -3.59. The van der Waals surface area contributed by atoms with Gasteiger partial charge in [0.15, 0.2) is 0 Å². The summed E-state index contributed by atoms with van der Waals surface area (Å²) in [6.07, 6.45) is 3.88. The van der Waals surface area contributed by atoms with Crippen LogP contribution < -0.4 is 5.32 Å². The van der Waals surface area contributed by atoms with E-state index >= 15 is 0 Å². The highest BCUT2D eigenvalue weighted by Gasteiger charge is 2.28. The Kier molecular flexibility index (Phi) is 7.86. The van der Waals surface area contributed by atoms with Crippen LogP contribution in [0.5, 0.6) is 0 Å². The quantitative estimate of drug-likeness (QED) is 0.570. The van der Waals surface area contributed by atoms with Gasteiger partial charge in [-0.1, -0.05) is 17.7 Å². The van der Waals surface area contributed by atoms with Gasteiger partial charge in [0.05, 0.1) is 28.3 Å². The lowest BCUT2D eigenvalue weighted by Crippen LogP contribution is -2.37. The summed E-state index contributed by atoms with van der Waals surface area (Å²) in [5.41, 5.74) is 0.310. The molecule has 32 heavy (non-hydrogen) atoms. The molecule has 0 radical (unpaired) electrons. The Morgan fingerprint density at radius 3 is 2.75 bits per heavy atom. The van der Waals surface area contributed by atoms with Gasteiger partial charge in [0.2, 0.25) is 15.9 Å². The van der Waals surface area contributed by atoms with Crippen molar-refractivity contribution in [1.29, 1.82) is 0 Å². The Morgan fingerprint density at radius 1 is 1.25 bits per heavy atom. The molecule has 2 aliphatic heterocycles. The largest absolute Gasteiger partial charge is 0.377 e. The van der Waals surface area contributed by atoms with Gasteiger partial charge in [-0.15, -0.1) is 11.3 Å². The lowest BCUT2D eigenvalue weighted by molar-refractivity contribution is -0.117. The van der Waals surface area contributed by atoms with Gasteiger partial charge < -0.3 is 10.1 Å². The summed E-state index contributed by atoms with van der Waals surface area (Å²) in [7, 11) is -3.59. The monoisotopic (exact) mass is 497 g/mol. The van der Waals surface area contributed by atoms with E-state index in [1.54, 1.807) is 11.3 Å². The first-order chi connectivity index (χ1) is 15.4. The predicted molar refractivity (Wildman–Crippen MR) is 127 cm³/mol. The van der Waals surface area contributed by atoms with E-state index < -0.39 is 10.0 Å². The van der Waals surface area contributed by atoms with E-state index in [0.717, 1.165) is 32.3 Å². The van der Waals surface area contributed by atoms with Crippen LogP contribution in [0.25, 0.3) is 0 Å². The minimum absolute atomic E-state index is 0.125. The zero-order chi connectivity index (χ0) is 22.6. The topological polar surface area (TPSA) is 79.0 Å². The Bertz CT molecular complexity index is 1020. The zero-order valence-corrected chi connectivity index (χ0v) is 20.2. The van der Waals surface area contributed by atoms with Crippen LogP contribution in [0.2, 0.25) is 5.02 Å². The normalized spacial score (nSPS) is 19.6. The van der Waals surface area contributed by atoms with Gasteiger partial charge >= 0.3 is 0 Å². The molecular formula is C22H28ClN3O4S2. The molecule has 1 amide bonds. The molecule has 1 aromatic carbocycles. The van der Waals surface area contributed by atoms with Crippen molar-refractivity contribution in [1.82, 2.24) is 9.21 Å². The van der Waals surface area contributed by atoms with Gasteiger partial charge in [-0.05, 0) is 55.3 Å². The van der Waals surface area contributed by atoms with E-state index in [4.69, 9.17) is 16.3 Å². The van der Waals surface area contributed by atoms with E-state index in [1.807, 2.05) is 11.4 Å². The van der Waals surface area contributed by atoms with Crippen molar-refractivity contribution >= 4 is 44.6 Å². The summed E-state index contributed by atoms with van der Waals surface area (Å²) in [6, 6.07) is 8.52. The number of sulfonamides is 1. The lowest BCUT2D eigenvalue weighted by atomic mass is 10.2. The van der Waals surface area contributed by atoms with Gasteiger partial charge in [0, 0.05) is 37.7 Å². The molecule has 2 saturated heterocycles. The second-order valence-corrected chi connectivity index (χ2v) is 11.6. The fraction of sp³-hybridized carbons (Fsp3) is 0.500. The van der Waals surface area contributed by atoms with Crippen molar-refractivity contribution in [3.05, 3.63) is 45.6 Å². The summed E-state index contributed by atoms with van der Waals surface area (Å²) in [4.78, 5) is 16.3. The number of anilines is 1. The second-order valence-electron chi connectivity index (χ2n) is 8.19. The van der Waals surface area contributed by atoms with E-state index in [9.17, 15) is 13.2 Å². The Labute approximate surface area is 198 Å². The number of nitrogens with zero attached hydrogens (tertiary/aromatic N) is 2. The number of thiophene rings is 1. The summed E-state index contributed by atoms with van der Waals surface area (Å²) >= 11 is 7.94.